The zero-order valence-electron chi connectivity index (χ0n) is 18.4. The molecule has 0 saturated heterocycles. The van der Waals surface area contributed by atoms with Crippen LogP contribution in [-0.4, -0.2) is 32.5 Å². The number of carbonyl (C=O) groups is 1. The summed E-state index contributed by atoms with van der Waals surface area (Å²) in [4.78, 5) is 24.4. The number of hydrogen-bond acceptors (Lipinski definition) is 7. The van der Waals surface area contributed by atoms with Crippen LogP contribution >= 0.6 is 0 Å². The van der Waals surface area contributed by atoms with Crippen molar-refractivity contribution < 1.29 is 27.4 Å². The standard InChI is InChI=1S/C23H19F3N6O3/c1-34-17-8-13(32-16-10-35-9-14(16)20-21(32)22(27)30-11-29-20)2-3-15(17)31-19(33)7-12-4-5-28-18(6-12)23(24,25)26/h2-6,8,11H,7,9-10H2,1H3,(H,31,33)(H2,27,29,30). The highest BCUT2D eigenvalue weighted by Crippen LogP contribution is 2.37. The van der Waals surface area contributed by atoms with Gasteiger partial charge in [-0.1, -0.05) is 0 Å². The molecule has 4 aromatic rings. The molecule has 35 heavy (non-hydrogen) atoms. The second kappa shape index (κ2) is 8.55. The molecule has 1 amide bonds. The highest BCUT2D eigenvalue weighted by Gasteiger charge is 2.32. The highest BCUT2D eigenvalue weighted by molar-refractivity contribution is 5.94. The fourth-order valence-corrected chi connectivity index (χ4v) is 4.12. The number of nitrogens with zero attached hydrogens (tertiary/aromatic N) is 4. The Morgan fingerprint density at radius 3 is 2.80 bits per heavy atom. The number of nitrogens with two attached hydrogens (primary N) is 1. The van der Waals surface area contributed by atoms with E-state index in [1.165, 1.54) is 19.5 Å². The summed E-state index contributed by atoms with van der Waals surface area (Å²) < 4.78 is 51.7. The lowest BCUT2D eigenvalue weighted by Gasteiger charge is -2.15. The van der Waals surface area contributed by atoms with Gasteiger partial charge < -0.3 is 25.1 Å². The van der Waals surface area contributed by atoms with E-state index in [9.17, 15) is 18.0 Å². The second-order valence-electron chi connectivity index (χ2n) is 7.87. The normalized spacial score (nSPS) is 13.1. The molecule has 0 aliphatic carbocycles. The van der Waals surface area contributed by atoms with E-state index in [0.717, 1.165) is 23.5 Å². The van der Waals surface area contributed by atoms with Crippen molar-refractivity contribution in [3.63, 3.8) is 0 Å². The van der Waals surface area contributed by atoms with Crippen molar-refractivity contribution in [2.75, 3.05) is 18.2 Å². The van der Waals surface area contributed by atoms with Crippen molar-refractivity contribution in [1.29, 1.82) is 0 Å². The van der Waals surface area contributed by atoms with Gasteiger partial charge in [0.25, 0.3) is 0 Å². The predicted octanol–water partition coefficient (Wildman–Crippen LogP) is 3.64. The number of nitrogen functional groups attached to an aromatic ring is 1. The fourth-order valence-electron chi connectivity index (χ4n) is 4.12. The van der Waals surface area contributed by atoms with Gasteiger partial charge in [-0.15, -0.1) is 0 Å². The minimum absolute atomic E-state index is 0.185. The lowest BCUT2D eigenvalue weighted by Crippen LogP contribution is -2.16. The monoisotopic (exact) mass is 484 g/mol. The maximum atomic E-state index is 12.9. The summed E-state index contributed by atoms with van der Waals surface area (Å²) in [6.07, 6.45) is -2.43. The first-order valence-corrected chi connectivity index (χ1v) is 10.5. The number of pyridine rings is 1. The predicted molar refractivity (Wildman–Crippen MR) is 120 cm³/mol. The Bertz CT molecular complexity index is 1450. The fraction of sp³-hybridized carbons (Fsp3) is 0.217. The molecule has 4 heterocycles. The molecule has 9 nitrogen and oxygen atoms in total. The Balaban J connectivity index is 1.44. The van der Waals surface area contributed by atoms with Gasteiger partial charge in [0.05, 0.1) is 38.1 Å². The van der Waals surface area contributed by atoms with Gasteiger partial charge in [-0.25, -0.2) is 9.97 Å². The van der Waals surface area contributed by atoms with E-state index in [-0.39, 0.29) is 12.0 Å². The second-order valence-corrected chi connectivity index (χ2v) is 7.87. The van der Waals surface area contributed by atoms with Crippen LogP contribution in [-0.2, 0) is 35.3 Å². The number of alkyl halides is 3. The van der Waals surface area contributed by atoms with Crippen LogP contribution in [0.2, 0.25) is 0 Å². The molecule has 1 aromatic carbocycles. The third kappa shape index (κ3) is 4.12. The van der Waals surface area contributed by atoms with Gasteiger partial charge in [0, 0.05) is 23.5 Å². The smallest absolute Gasteiger partial charge is 0.433 e. The van der Waals surface area contributed by atoms with E-state index in [4.69, 9.17) is 15.2 Å². The minimum Gasteiger partial charge on any atom is -0.494 e. The number of anilines is 2. The maximum Gasteiger partial charge on any atom is 0.433 e. The summed E-state index contributed by atoms with van der Waals surface area (Å²) >= 11 is 0. The Morgan fingerprint density at radius 1 is 1.20 bits per heavy atom. The van der Waals surface area contributed by atoms with E-state index in [1.807, 2.05) is 4.57 Å². The van der Waals surface area contributed by atoms with Crippen LogP contribution in [0.25, 0.3) is 16.7 Å². The lowest BCUT2D eigenvalue weighted by atomic mass is 10.1. The molecule has 0 unspecified atom stereocenters. The Labute approximate surface area is 196 Å². The summed E-state index contributed by atoms with van der Waals surface area (Å²) in [5.74, 6) is 0.163. The molecule has 0 radical (unpaired) electrons. The van der Waals surface area contributed by atoms with Gasteiger partial charge >= 0.3 is 6.18 Å². The molecule has 0 atom stereocenters. The number of aromatic nitrogens is 4. The Morgan fingerprint density at radius 2 is 2.03 bits per heavy atom. The average Bonchev–Trinajstić information content (AvgIpc) is 3.41. The van der Waals surface area contributed by atoms with Gasteiger partial charge in [0.2, 0.25) is 5.91 Å². The summed E-state index contributed by atoms with van der Waals surface area (Å²) in [6.45, 7) is 0.781. The molecular weight excluding hydrogens is 465 g/mol. The van der Waals surface area contributed by atoms with Gasteiger partial charge in [0.1, 0.15) is 28.8 Å². The van der Waals surface area contributed by atoms with Gasteiger partial charge in [-0.2, -0.15) is 13.2 Å². The molecular formula is C23H19F3N6O3. The summed E-state index contributed by atoms with van der Waals surface area (Å²) in [6, 6.07) is 7.34. The van der Waals surface area contributed by atoms with E-state index < -0.39 is 17.8 Å². The molecule has 180 valence electrons. The first-order chi connectivity index (χ1) is 16.8. The van der Waals surface area contributed by atoms with Crippen LogP contribution in [0, 0.1) is 0 Å². The molecule has 0 saturated carbocycles. The van der Waals surface area contributed by atoms with Crippen LogP contribution in [0.4, 0.5) is 24.7 Å². The number of hydrogen-bond donors (Lipinski definition) is 2. The molecule has 5 rings (SSSR count). The number of carbonyl (C=O) groups excluding carboxylic acids is 1. The quantitative estimate of drug-likeness (QED) is 0.444. The lowest BCUT2D eigenvalue weighted by molar-refractivity contribution is -0.141. The van der Waals surface area contributed by atoms with Crippen molar-refractivity contribution in [3.8, 4) is 11.4 Å². The average molecular weight is 484 g/mol. The number of ether oxygens (including phenoxy) is 2. The summed E-state index contributed by atoms with van der Waals surface area (Å²) in [5.41, 5.74) is 9.53. The number of fused-ring (bicyclic) bond motifs is 3. The number of nitrogens with one attached hydrogen (secondary N) is 1. The van der Waals surface area contributed by atoms with E-state index in [0.29, 0.717) is 47.2 Å². The Hall–Kier alpha value is -4.19. The molecule has 0 spiro atoms. The SMILES string of the molecule is COc1cc(-n2c3c(c4ncnc(N)c42)COC3)ccc1NC(=O)Cc1ccnc(C(F)(F)F)c1. The first-order valence-electron chi connectivity index (χ1n) is 10.5. The largest absolute Gasteiger partial charge is 0.494 e. The van der Waals surface area contributed by atoms with E-state index in [1.54, 1.807) is 18.2 Å². The minimum atomic E-state index is -4.59. The summed E-state index contributed by atoms with van der Waals surface area (Å²) in [7, 11) is 1.45. The van der Waals surface area contributed by atoms with E-state index in [2.05, 4.69) is 20.3 Å². The number of amides is 1. The van der Waals surface area contributed by atoms with Crippen molar-refractivity contribution in [1.82, 2.24) is 19.5 Å². The number of methoxy groups -OCH3 is 1. The summed E-state index contributed by atoms with van der Waals surface area (Å²) in [5, 5.41) is 2.69. The molecule has 0 fully saturated rings. The molecule has 12 heteroatoms. The van der Waals surface area contributed by atoms with Crippen molar-refractivity contribution >= 4 is 28.4 Å². The maximum absolute atomic E-state index is 12.9. The third-order valence-corrected chi connectivity index (χ3v) is 5.66. The number of rotatable bonds is 5. The van der Waals surface area contributed by atoms with E-state index >= 15 is 0 Å². The first kappa shape index (κ1) is 22.6. The molecule has 1 aliphatic heterocycles. The highest BCUT2D eigenvalue weighted by atomic mass is 19.4. The molecule has 3 N–H and O–H groups in total. The van der Waals surface area contributed by atoms with Crippen LogP contribution in [0.3, 0.4) is 0 Å². The zero-order valence-corrected chi connectivity index (χ0v) is 18.4. The molecule has 3 aromatic heterocycles. The van der Waals surface area contributed by atoms with Crippen LogP contribution in [0.5, 0.6) is 5.75 Å². The molecule has 1 aliphatic rings. The van der Waals surface area contributed by atoms with Crippen molar-refractivity contribution in [2.24, 2.45) is 0 Å². The van der Waals surface area contributed by atoms with Crippen LogP contribution in [0.1, 0.15) is 22.5 Å². The zero-order chi connectivity index (χ0) is 24.7. The topological polar surface area (TPSA) is 117 Å². The third-order valence-electron chi connectivity index (χ3n) is 5.66. The number of benzene rings is 1. The van der Waals surface area contributed by atoms with Crippen LogP contribution < -0.4 is 15.8 Å². The van der Waals surface area contributed by atoms with Crippen molar-refractivity contribution in [3.05, 3.63) is 65.4 Å². The van der Waals surface area contributed by atoms with Gasteiger partial charge in [0.15, 0.2) is 5.82 Å². The molecule has 0 bridgehead atoms. The number of halogens is 3. The van der Waals surface area contributed by atoms with Crippen LogP contribution in [0.15, 0.2) is 42.9 Å². The van der Waals surface area contributed by atoms with Crippen molar-refractivity contribution in [2.45, 2.75) is 25.8 Å². The van der Waals surface area contributed by atoms with Gasteiger partial charge in [-0.3, -0.25) is 9.78 Å². The van der Waals surface area contributed by atoms with Gasteiger partial charge in [-0.05, 0) is 29.8 Å². The Kier molecular flexibility index (Phi) is 5.52.